The molecule has 1 saturated heterocycles. The molecule has 1 fully saturated rings. The number of aryl methyl sites for hydroxylation is 1. The van der Waals surface area contributed by atoms with Gasteiger partial charge in [-0.15, -0.1) is 0 Å². The van der Waals surface area contributed by atoms with Crippen LogP contribution in [0.1, 0.15) is 53.0 Å². The molecule has 2 rings (SSSR count). The van der Waals surface area contributed by atoms with Gasteiger partial charge in [0.25, 0.3) is 5.91 Å². The SMILES string of the molecule is Cc1cc(C(=O)O)cc(C(=O)N2CC(C)CCC2C)c1. The van der Waals surface area contributed by atoms with Crippen molar-refractivity contribution in [1.82, 2.24) is 4.90 Å². The van der Waals surface area contributed by atoms with Crippen LogP contribution < -0.4 is 0 Å². The van der Waals surface area contributed by atoms with Crippen LogP contribution in [0.15, 0.2) is 18.2 Å². The molecule has 2 unspecified atom stereocenters. The molecular formula is C16H21NO3. The van der Waals surface area contributed by atoms with E-state index in [0.717, 1.165) is 24.9 Å². The number of hydrogen-bond donors (Lipinski definition) is 1. The zero-order valence-corrected chi connectivity index (χ0v) is 12.2. The number of carboxylic acids is 1. The predicted octanol–water partition coefficient (Wildman–Crippen LogP) is 2.95. The number of hydrogen-bond acceptors (Lipinski definition) is 2. The van der Waals surface area contributed by atoms with E-state index in [9.17, 15) is 9.59 Å². The Kier molecular flexibility index (Phi) is 4.12. The van der Waals surface area contributed by atoms with Crippen LogP contribution >= 0.6 is 0 Å². The average molecular weight is 275 g/mol. The minimum absolute atomic E-state index is 0.0600. The minimum atomic E-state index is -0.997. The van der Waals surface area contributed by atoms with E-state index in [2.05, 4.69) is 13.8 Å². The molecule has 108 valence electrons. The van der Waals surface area contributed by atoms with Crippen molar-refractivity contribution in [3.8, 4) is 0 Å². The van der Waals surface area contributed by atoms with Crippen LogP contribution in [0, 0.1) is 12.8 Å². The van der Waals surface area contributed by atoms with Gasteiger partial charge in [-0.05, 0) is 56.4 Å². The zero-order valence-electron chi connectivity index (χ0n) is 12.2. The first-order chi connectivity index (χ1) is 9.38. The highest BCUT2D eigenvalue weighted by atomic mass is 16.4. The van der Waals surface area contributed by atoms with E-state index in [1.807, 2.05) is 11.8 Å². The summed E-state index contributed by atoms with van der Waals surface area (Å²) in [6.07, 6.45) is 2.14. The van der Waals surface area contributed by atoms with Crippen molar-refractivity contribution in [2.75, 3.05) is 6.54 Å². The van der Waals surface area contributed by atoms with Crippen LogP contribution in [0.4, 0.5) is 0 Å². The standard InChI is InChI=1S/C16H21NO3/c1-10-4-5-12(3)17(9-10)15(18)13-6-11(2)7-14(8-13)16(19)20/h6-8,10,12H,4-5,9H2,1-3H3,(H,19,20). The first kappa shape index (κ1) is 14.6. The molecule has 0 saturated carbocycles. The Bertz CT molecular complexity index is 539. The molecule has 4 nitrogen and oxygen atoms in total. The highest BCUT2D eigenvalue weighted by Crippen LogP contribution is 2.24. The van der Waals surface area contributed by atoms with E-state index < -0.39 is 5.97 Å². The fraction of sp³-hybridized carbons (Fsp3) is 0.500. The Morgan fingerprint density at radius 3 is 2.45 bits per heavy atom. The number of rotatable bonds is 2. The molecule has 0 bridgehead atoms. The molecule has 1 N–H and O–H groups in total. The molecule has 0 aromatic heterocycles. The number of carboxylic acid groups (broad SMARTS) is 1. The third-order valence-electron chi connectivity index (χ3n) is 3.95. The molecular weight excluding hydrogens is 254 g/mol. The van der Waals surface area contributed by atoms with Gasteiger partial charge in [0.15, 0.2) is 0 Å². The maximum absolute atomic E-state index is 12.6. The fourth-order valence-electron chi connectivity index (χ4n) is 2.77. The summed E-state index contributed by atoms with van der Waals surface area (Å²) >= 11 is 0. The van der Waals surface area contributed by atoms with E-state index in [1.54, 1.807) is 12.1 Å². The van der Waals surface area contributed by atoms with Crippen molar-refractivity contribution in [3.05, 3.63) is 34.9 Å². The molecule has 0 aliphatic carbocycles. The summed E-state index contributed by atoms with van der Waals surface area (Å²) in [4.78, 5) is 25.6. The normalized spacial score (nSPS) is 22.6. The van der Waals surface area contributed by atoms with Crippen molar-refractivity contribution >= 4 is 11.9 Å². The number of nitrogens with zero attached hydrogens (tertiary/aromatic N) is 1. The minimum Gasteiger partial charge on any atom is -0.478 e. The summed E-state index contributed by atoms with van der Waals surface area (Å²) in [5.41, 5.74) is 1.44. The fourth-order valence-corrected chi connectivity index (χ4v) is 2.77. The molecule has 20 heavy (non-hydrogen) atoms. The third-order valence-corrected chi connectivity index (χ3v) is 3.95. The van der Waals surface area contributed by atoms with Gasteiger partial charge >= 0.3 is 5.97 Å². The maximum Gasteiger partial charge on any atom is 0.335 e. The molecule has 1 aromatic rings. The van der Waals surface area contributed by atoms with Crippen molar-refractivity contribution in [2.45, 2.75) is 39.7 Å². The molecule has 0 radical (unpaired) electrons. The summed E-state index contributed by atoms with van der Waals surface area (Å²) in [5.74, 6) is -0.558. The third kappa shape index (κ3) is 3.00. The Balaban J connectivity index is 2.30. The number of carbonyl (C=O) groups excluding carboxylic acids is 1. The number of amides is 1. The molecule has 1 aliphatic rings. The van der Waals surface area contributed by atoms with Crippen molar-refractivity contribution < 1.29 is 14.7 Å². The number of carbonyl (C=O) groups is 2. The second-order valence-corrected chi connectivity index (χ2v) is 5.88. The van der Waals surface area contributed by atoms with Gasteiger partial charge < -0.3 is 10.0 Å². The lowest BCUT2D eigenvalue weighted by Crippen LogP contribution is -2.45. The van der Waals surface area contributed by atoms with Gasteiger partial charge in [-0.2, -0.15) is 0 Å². The van der Waals surface area contributed by atoms with E-state index >= 15 is 0 Å². The molecule has 0 spiro atoms. The van der Waals surface area contributed by atoms with E-state index in [-0.39, 0.29) is 17.5 Å². The summed E-state index contributed by atoms with van der Waals surface area (Å²) < 4.78 is 0. The van der Waals surface area contributed by atoms with Gasteiger partial charge in [0.1, 0.15) is 0 Å². The summed E-state index contributed by atoms with van der Waals surface area (Å²) in [5, 5.41) is 9.09. The van der Waals surface area contributed by atoms with Gasteiger partial charge in [-0.25, -0.2) is 4.79 Å². The maximum atomic E-state index is 12.6. The number of aromatic carboxylic acids is 1. The van der Waals surface area contributed by atoms with Crippen LogP contribution in [-0.2, 0) is 0 Å². The second-order valence-electron chi connectivity index (χ2n) is 5.88. The van der Waals surface area contributed by atoms with Crippen LogP contribution in [0.2, 0.25) is 0 Å². The van der Waals surface area contributed by atoms with Gasteiger partial charge in [0.2, 0.25) is 0 Å². The molecule has 1 aliphatic heterocycles. The Hall–Kier alpha value is -1.84. The largest absolute Gasteiger partial charge is 0.478 e. The van der Waals surface area contributed by atoms with Gasteiger partial charge in [0, 0.05) is 18.2 Å². The smallest absolute Gasteiger partial charge is 0.335 e. The first-order valence-corrected chi connectivity index (χ1v) is 7.04. The molecule has 1 heterocycles. The molecule has 1 aromatic carbocycles. The molecule has 2 atom stereocenters. The van der Waals surface area contributed by atoms with E-state index in [1.165, 1.54) is 6.07 Å². The second kappa shape index (κ2) is 5.65. The number of benzene rings is 1. The zero-order chi connectivity index (χ0) is 14.9. The van der Waals surface area contributed by atoms with E-state index in [4.69, 9.17) is 5.11 Å². The van der Waals surface area contributed by atoms with Crippen molar-refractivity contribution in [1.29, 1.82) is 0 Å². The molecule has 4 heteroatoms. The van der Waals surface area contributed by atoms with E-state index in [0.29, 0.717) is 11.5 Å². The van der Waals surface area contributed by atoms with Gasteiger partial charge in [-0.3, -0.25) is 4.79 Å². The number of piperidine rings is 1. The first-order valence-electron chi connectivity index (χ1n) is 7.04. The molecule has 1 amide bonds. The lowest BCUT2D eigenvalue weighted by Gasteiger charge is -2.37. The van der Waals surface area contributed by atoms with Crippen molar-refractivity contribution in [2.24, 2.45) is 5.92 Å². The summed E-state index contributed by atoms with van der Waals surface area (Å²) in [6, 6.07) is 5.04. The predicted molar refractivity (Wildman–Crippen MR) is 77.0 cm³/mol. The van der Waals surface area contributed by atoms with Crippen LogP contribution in [-0.4, -0.2) is 34.5 Å². The monoisotopic (exact) mass is 275 g/mol. The van der Waals surface area contributed by atoms with Crippen LogP contribution in [0.3, 0.4) is 0 Å². The Morgan fingerprint density at radius 1 is 1.15 bits per heavy atom. The highest BCUT2D eigenvalue weighted by Gasteiger charge is 2.28. The lowest BCUT2D eigenvalue weighted by atomic mass is 9.94. The van der Waals surface area contributed by atoms with Crippen LogP contribution in [0.25, 0.3) is 0 Å². The summed E-state index contributed by atoms with van der Waals surface area (Å²) in [6.45, 7) is 6.75. The summed E-state index contributed by atoms with van der Waals surface area (Å²) in [7, 11) is 0. The average Bonchev–Trinajstić information content (AvgIpc) is 2.40. The highest BCUT2D eigenvalue weighted by molar-refractivity contribution is 5.98. The van der Waals surface area contributed by atoms with Crippen molar-refractivity contribution in [3.63, 3.8) is 0 Å². The van der Waals surface area contributed by atoms with Gasteiger partial charge in [-0.1, -0.05) is 6.92 Å². The topological polar surface area (TPSA) is 57.6 Å². The quantitative estimate of drug-likeness (QED) is 0.902. The van der Waals surface area contributed by atoms with Crippen LogP contribution in [0.5, 0.6) is 0 Å². The number of likely N-dealkylation sites (tertiary alicyclic amines) is 1. The van der Waals surface area contributed by atoms with Gasteiger partial charge in [0.05, 0.1) is 5.56 Å². The lowest BCUT2D eigenvalue weighted by molar-refractivity contribution is 0.0574. The Morgan fingerprint density at radius 2 is 1.80 bits per heavy atom. The Labute approximate surface area is 119 Å².